The van der Waals surface area contributed by atoms with Crippen LogP contribution in [0, 0.1) is 0 Å². The zero-order valence-corrected chi connectivity index (χ0v) is 13.0. The standard InChI is InChI=1S/C17H18N2OS/c1-12(2)20-16-8-7-13-5-3-4-6-14(13)15(16)11-19-17-18-9-10-21-17/h3-10,12H,11H2,1-2H3,(H,18,19). The largest absolute Gasteiger partial charge is 0.491 e. The molecule has 0 fully saturated rings. The van der Waals surface area contributed by atoms with Crippen LogP contribution in [-0.2, 0) is 6.54 Å². The van der Waals surface area contributed by atoms with E-state index >= 15 is 0 Å². The van der Waals surface area contributed by atoms with E-state index in [-0.39, 0.29) is 6.10 Å². The van der Waals surface area contributed by atoms with Gasteiger partial charge in [0.1, 0.15) is 5.75 Å². The molecule has 0 aliphatic heterocycles. The van der Waals surface area contributed by atoms with Gasteiger partial charge >= 0.3 is 0 Å². The molecule has 0 aliphatic carbocycles. The lowest BCUT2D eigenvalue weighted by Crippen LogP contribution is -2.09. The maximum Gasteiger partial charge on any atom is 0.182 e. The quantitative estimate of drug-likeness (QED) is 0.741. The highest BCUT2D eigenvalue weighted by Crippen LogP contribution is 2.29. The van der Waals surface area contributed by atoms with Gasteiger partial charge in [0.25, 0.3) is 0 Å². The number of nitrogens with zero attached hydrogens (tertiary/aromatic N) is 1. The van der Waals surface area contributed by atoms with Crippen molar-refractivity contribution in [1.29, 1.82) is 0 Å². The van der Waals surface area contributed by atoms with Crippen LogP contribution in [0.4, 0.5) is 5.13 Å². The second-order valence-electron chi connectivity index (χ2n) is 5.12. The third kappa shape index (κ3) is 3.16. The lowest BCUT2D eigenvalue weighted by Gasteiger charge is -2.17. The molecular formula is C17H18N2OS. The Labute approximate surface area is 128 Å². The summed E-state index contributed by atoms with van der Waals surface area (Å²) in [6.45, 7) is 4.80. The van der Waals surface area contributed by atoms with Crippen molar-refractivity contribution in [3.8, 4) is 5.75 Å². The van der Waals surface area contributed by atoms with E-state index in [4.69, 9.17) is 4.74 Å². The van der Waals surface area contributed by atoms with E-state index in [0.717, 1.165) is 10.9 Å². The average Bonchev–Trinajstić information content (AvgIpc) is 2.99. The summed E-state index contributed by atoms with van der Waals surface area (Å²) in [5, 5.41) is 8.72. The Morgan fingerprint density at radius 3 is 2.81 bits per heavy atom. The summed E-state index contributed by atoms with van der Waals surface area (Å²) in [4.78, 5) is 4.27. The minimum atomic E-state index is 0.157. The van der Waals surface area contributed by atoms with Gasteiger partial charge in [0.2, 0.25) is 0 Å². The van der Waals surface area contributed by atoms with Gasteiger partial charge in [-0.3, -0.25) is 0 Å². The number of nitrogens with one attached hydrogen (secondary N) is 1. The summed E-state index contributed by atoms with van der Waals surface area (Å²) in [6.07, 6.45) is 1.96. The van der Waals surface area contributed by atoms with Crippen molar-refractivity contribution in [1.82, 2.24) is 4.98 Å². The fourth-order valence-electron chi connectivity index (χ4n) is 2.34. The molecule has 1 N–H and O–H groups in total. The smallest absolute Gasteiger partial charge is 0.182 e. The fourth-order valence-corrected chi connectivity index (χ4v) is 2.87. The van der Waals surface area contributed by atoms with Crippen LogP contribution in [0.2, 0.25) is 0 Å². The maximum atomic E-state index is 5.97. The number of anilines is 1. The predicted octanol–water partition coefficient (Wildman–Crippen LogP) is 4.70. The Balaban J connectivity index is 1.98. The Hall–Kier alpha value is -2.07. The number of ether oxygens (including phenoxy) is 1. The van der Waals surface area contributed by atoms with Crippen molar-refractivity contribution in [2.24, 2.45) is 0 Å². The van der Waals surface area contributed by atoms with E-state index in [1.54, 1.807) is 11.3 Å². The van der Waals surface area contributed by atoms with Crippen molar-refractivity contribution in [2.75, 3.05) is 5.32 Å². The van der Waals surface area contributed by atoms with E-state index in [1.165, 1.54) is 16.3 Å². The maximum absolute atomic E-state index is 5.97. The van der Waals surface area contributed by atoms with Crippen LogP contribution < -0.4 is 10.1 Å². The zero-order valence-electron chi connectivity index (χ0n) is 12.2. The summed E-state index contributed by atoms with van der Waals surface area (Å²) < 4.78 is 5.97. The van der Waals surface area contributed by atoms with Crippen molar-refractivity contribution in [3.05, 3.63) is 53.5 Å². The van der Waals surface area contributed by atoms with Crippen molar-refractivity contribution in [3.63, 3.8) is 0 Å². The van der Waals surface area contributed by atoms with Crippen molar-refractivity contribution >= 4 is 27.2 Å². The van der Waals surface area contributed by atoms with Gasteiger partial charge in [0.05, 0.1) is 6.10 Å². The van der Waals surface area contributed by atoms with Gasteiger partial charge in [-0.15, -0.1) is 11.3 Å². The van der Waals surface area contributed by atoms with Gasteiger partial charge in [0.15, 0.2) is 5.13 Å². The van der Waals surface area contributed by atoms with Gasteiger partial charge in [-0.25, -0.2) is 4.98 Å². The Bertz CT molecular complexity index is 723. The van der Waals surface area contributed by atoms with Gasteiger partial charge in [-0.1, -0.05) is 30.3 Å². The van der Waals surface area contributed by atoms with Crippen LogP contribution >= 0.6 is 11.3 Å². The first-order chi connectivity index (χ1) is 10.2. The van der Waals surface area contributed by atoms with E-state index in [0.29, 0.717) is 6.54 Å². The van der Waals surface area contributed by atoms with Crippen LogP contribution in [-0.4, -0.2) is 11.1 Å². The van der Waals surface area contributed by atoms with Gasteiger partial charge < -0.3 is 10.1 Å². The molecule has 21 heavy (non-hydrogen) atoms. The van der Waals surface area contributed by atoms with Crippen LogP contribution in [0.25, 0.3) is 10.8 Å². The molecule has 0 aliphatic rings. The zero-order chi connectivity index (χ0) is 14.7. The lowest BCUT2D eigenvalue weighted by molar-refractivity contribution is 0.240. The molecule has 0 amide bonds. The molecule has 0 radical (unpaired) electrons. The second kappa shape index (κ2) is 6.14. The highest BCUT2D eigenvalue weighted by atomic mass is 32.1. The van der Waals surface area contributed by atoms with Gasteiger partial charge in [0, 0.05) is 23.7 Å². The Kier molecular flexibility index (Phi) is 4.06. The minimum Gasteiger partial charge on any atom is -0.491 e. The highest BCUT2D eigenvalue weighted by molar-refractivity contribution is 7.13. The third-order valence-electron chi connectivity index (χ3n) is 3.21. The van der Waals surface area contributed by atoms with Crippen LogP contribution in [0.3, 0.4) is 0 Å². The summed E-state index contributed by atoms with van der Waals surface area (Å²) in [5.41, 5.74) is 1.18. The molecule has 2 aromatic carbocycles. The molecule has 4 heteroatoms. The number of fused-ring (bicyclic) bond motifs is 1. The Morgan fingerprint density at radius 1 is 1.19 bits per heavy atom. The van der Waals surface area contributed by atoms with E-state index < -0.39 is 0 Å². The molecule has 108 valence electrons. The lowest BCUT2D eigenvalue weighted by atomic mass is 10.0. The number of benzene rings is 2. The highest BCUT2D eigenvalue weighted by Gasteiger charge is 2.10. The minimum absolute atomic E-state index is 0.157. The fraction of sp³-hybridized carbons (Fsp3) is 0.235. The molecule has 1 aromatic heterocycles. The molecule has 0 saturated heterocycles. The van der Waals surface area contributed by atoms with Crippen molar-refractivity contribution < 1.29 is 4.74 Å². The van der Waals surface area contributed by atoms with Crippen LogP contribution in [0.15, 0.2) is 48.0 Å². The first-order valence-corrected chi connectivity index (χ1v) is 7.92. The topological polar surface area (TPSA) is 34.1 Å². The number of hydrogen-bond acceptors (Lipinski definition) is 4. The van der Waals surface area contributed by atoms with Crippen molar-refractivity contribution in [2.45, 2.75) is 26.5 Å². The first-order valence-electron chi connectivity index (χ1n) is 7.04. The molecule has 1 heterocycles. The molecule has 0 spiro atoms. The summed E-state index contributed by atoms with van der Waals surface area (Å²) in [7, 11) is 0. The molecule has 3 rings (SSSR count). The number of aromatic nitrogens is 1. The van der Waals surface area contributed by atoms with Gasteiger partial charge in [-0.05, 0) is 30.7 Å². The number of rotatable bonds is 5. The van der Waals surface area contributed by atoms with E-state index in [1.807, 2.05) is 25.4 Å². The molecule has 0 atom stereocenters. The molecule has 0 saturated carbocycles. The summed E-state index contributed by atoms with van der Waals surface area (Å²) in [6, 6.07) is 12.6. The first kappa shape index (κ1) is 13.9. The normalized spacial score (nSPS) is 11.0. The molecule has 0 bridgehead atoms. The molecule has 3 nitrogen and oxygen atoms in total. The van der Waals surface area contributed by atoms with E-state index in [9.17, 15) is 0 Å². The number of hydrogen-bond donors (Lipinski definition) is 1. The summed E-state index contributed by atoms with van der Waals surface area (Å²) >= 11 is 1.60. The van der Waals surface area contributed by atoms with Gasteiger partial charge in [-0.2, -0.15) is 0 Å². The number of thiazole rings is 1. The monoisotopic (exact) mass is 298 g/mol. The Morgan fingerprint density at radius 2 is 2.05 bits per heavy atom. The second-order valence-corrected chi connectivity index (χ2v) is 6.02. The molecular weight excluding hydrogens is 280 g/mol. The molecule has 0 unspecified atom stereocenters. The third-order valence-corrected chi connectivity index (χ3v) is 3.94. The van der Waals surface area contributed by atoms with E-state index in [2.05, 4.69) is 46.7 Å². The summed E-state index contributed by atoms with van der Waals surface area (Å²) in [5.74, 6) is 0.938. The van der Waals surface area contributed by atoms with Crippen LogP contribution in [0.1, 0.15) is 19.4 Å². The predicted molar refractivity (Wildman–Crippen MR) is 89.2 cm³/mol. The SMILES string of the molecule is CC(C)Oc1ccc2ccccc2c1CNc1nccs1. The molecule has 3 aromatic rings. The average molecular weight is 298 g/mol. The van der Waals surface area contributed by atoms with Crippen LogP contribution in [0.5, 0.6) is 5.75 Å².